The molecule has 0 fully saturated rings. The van der Waals surface area contributed by atoms with Crippen LogP contribution in [0.3, 0.4) is 0 Å². The second kappa shape index (κ2) is 3.72. The molecule has 0 unspecified atom stereocenters. The highest BCUT2D eigenvalue weighted by atomic mass is 35.5. The summed E-state index contributed by atoms with van der Waals surface area (Å²) in [7, 11) is 0. The van der Waals surface area contributed by atoms with Gasteiger partial charge in [0, 0.05) is 5.02 Å². The van der Waals surface area contributed by atoms with Gasteiger partial charge < -0.3 is 10.6 Å². The van der Waals surface area contributed by atoms with Crippen LogP contribution in [-0.4, -0.2) is 0 Å². The average molecular weight is 231 g/mol. The number of hydrogen-bond acceptors (Lipinski definition) is 2. The summed E-state index contributed by atoms with van der Waals surface area (Å²) in [5.41, 5.74) is 3.46. The number of benzene rings is 2. The molecule has 1 heterocycles. The summed E-state index contributed by atoms with van der Waals surface area (Å²) >= 11 is 5.87. The van der Waals surface area contributed by atoms with Gasteiger partial charge in [-0.2, -0.15) is 0 Å². The maximum Gasteiger partial charge on any atom is 0.123 e. The molecule has 0 aromatic heterocycles. The van der Waals surface area contributed by atoms with Gasteiger partial charge in [-0.3, -0.25) is 0 Å². The van der Waals surface area contributed by atoms with Crippen LogP contribution in [0.1, 0.15) is 11.7 Å². The van der Waals surface area contributed by atoms with Gasteiger partial charge in [-0.25, -0.2) is 0 Å². The summed E-state index contributed by atoms with van der Waals surface area (Å²) in [6.45, 7) is 0. The van der Waals surface area contributed by atoms with Crippen LogP contribution in [0.4, 0.5) is 11.4 Å². The van der Waals surface area contributed by atoms with Crippen LogP contribution in [0.5, 0.6) is 0 Å². The first-order chi connectivity index (χ1) is 7.83. The zero-order valence-corrected chi connectivity index (χ0v) is 9.33. The summed E-state index contributed by atoms with van der Waals surface area (Å²) in [5.74, 6) is 0. The first-order valence-corrected chi connectivity index (χ1v) is 5.58. The maximum absolute atomic E-state index is 5.87. The lowest BCUT2D eigenvalue weighted by molar-refractivity contribution is 0.941. The minimum absolute atomic E-state index is 0.134. The van der Waals surface area contributed by atoms with Crippen LogP contribution in [0.15, 0.2) is 48.5 Å². The third-order valence-corrected chi connectivity index (χ3v) is 2.98. The SMILES string of the molecule is Clc1ccc(C2Nc3ccccc3N2)cc1. The molecular weight excluding hydrogens is 220 g/mol. The molecular formula is C13H11ClN2. The van der Waals surface area contributed by atoms with Crippen LogP contribution in [0.2, 0.25) is 5.02 Å². The zero-order valence-electron chi connectivity index (χ0n) is 8.57. The monoisotopic (exact) mass is 230 g/mol. The fraction of sp³-hybridized carbons (Fsp3) is 0.0769. The van der Waals surface area contributed by atoms with Gasteiger partial charge in [-0.05, 0) is 29.8 Å². The fourth-order valence-electron chi connectivity index (χ4n) is 1.90. The molecule has 2 N–H and O–H groups in total. The van der Waals surface area contributed by atoms with E-state index in [1.165, 1.54) is 5.56 Å². The molecule has 0 atom stereocenters. The van der Waals surface area contributed by atoms with Crippen LogP contribution in [-0.2, 0) is 0 Å². The molecule has 0 saturated heterocycles. The number of rotatable bonds is 1. The van der Waals surface area contributed by atoms with Crippen molar-refractivity contribution in [3.63, 3.8) is 0 Å². The Labute approximate surface area is 99.3 Å². The number of fused-ring (bicyclic) bond motifs is 1. The van der Waals surface area contributed by atoms with E-state index in [4.69, 9.17) is 11.6 Å². The van der Waals surface area contributed by atoms with Gasteiger partial charge in [-0.15, -0.1) is 0 Å². The first-order valence-electron chi connectivity index (χ1n) is 5.20. The molecule has 0 spiro atoms. The number of hydrogen-bond donors (Lipinski definition) is 2. The molecule has 0 saturated carbocycles. The molecule has 1 aliphatic heterocycles. The van der Waals surface area contributed by atoms with Gasteiger partial charge in [-0.1, -0.05) is 35.9 Å². The largest absolute Gasteiger partial charge is 0.360 e. The second-order valence-corrected chi connectivity index (χ2v) is 4.26. The molecule has 2 aromatic carbocycles. The smallest absolute Gasteiger partial charge is 0.123 e. The highest BCUT2D eigenvalue weighted by Crippen LogP contribution is 2.34. The van der Waals surface area contributed by atoms with E-state index < -0.39 is 0 Å². The van der Waals surface area contributed by atoms with E-state index in [0.29, 0.717) is 0 Å². The topological polar surface area (TPSA) is 24.1 Å². The Bertz CT molecular complexity index is 483. The van der Waals surface area contributed by atoms with E-state index in [2.05, 4.69) is 22.8 Å². The highest BCUT2D eigenvalue weighted by molar-refractivity contribution is 6.30. The number of anilines is 2. The van der Waals surface area contributed by atoms with Gasteiger partial charge in [0.25, 0.3) is 0 Å². The van der Waals surface area contributed by atoms with Crippen LogP contribution >= 0.6 is 11.6 Å². The highest BCUT2D eigenvalue weighted by Gasteiger charge is 2.19. The van der Waals surface area contributed by atoms with Crippen molar-refractivity contribution in [3.05, 3.63) is 59.1 Å². The summed E-state index contributed by atoms with van der Waals surface area (Å²) in [6.07, 6.45) is 0.134. The molecule has 2 aromatic rings. The van der Waals surface area contributed by atoms with Crippen molar-refractivity contribution < 1.29 is 0 Å². The van der Waals surface area contributed by atoms with Crippen LogP contribution < -0.4 is 10.6 Å². The predicted octanol–water partition coefficient (Wildman–Crippen LogP) is 3.88. The van der Waals surface area contributed by atoms with Crippen molar-refractivity contribution in [1.29, 1.82) is 0 Å². The Morgan fingerprint density at radius 3 is 1.94 bits per heavy atom. The first kappa shape index (κ1) is 9.55. The normalized spacial score (nSPS) is 14.1. The molecule has 0 radical (unpaired) electrons. The average Bonchev–Trinajstić information content (AvgIpc) is 2.73. The van der Waals surface area contributed by atoms with E-state index in [1.54, 1.807) is 0 Å². The van der Waals surface area contributed by atoms with Crippen LogP contribution in [0, 0.1) is 0 Å². The molecule has 1 aliphatic rings. The molecule has 0 aliphatic carbocycles. The number of nitrogens with one attached hydrogen (secondary N) is 2. The van der Waals surface area contributed by atoms with Gasteiger partial charge in [0.2, 0.25) is 0 Å². The summed E-state index contributed by atoms with van der Waals surface area (Å²) in [6, 6.07) is 16.1. The fourth-order valence-corrected chi connectivity index (χ4v) is 2.03. The van der Waals surface area contributed by atoms with Crippen molar-refractivity contribution in [2.75, 3.05) is 10.6 Å². The van der Waals surface area contributed by atoms with Gasteiger partial charge in [0.15, 0.2) is 0 Å². The minimum Gasteiger partial charge on any atom is -0.360 e. The van der Waals surface area contributed by atoms with E-state index in [9.17, 15) is 0 Å². The lowest BCUT2D eigenvalue weighted by Crippen LogP contribution is -2.11. The van der Waals surface area contributed by atoms with E-state index in [0.717, 1.165) is 16.4 Å². The standard InChI is InChI=1S/C13H11ClN2/c14-10-7-5-9(6-8-10)13-15-11-3-1-2-4-12(11)16-13/h1-8,13,15-16H. The third kappa shape index (κ3) is 1.61. The van der Waals surface area contributed by atoms with Crippen molar-refractivity contribution in [2.24, 2.45) is 0 Å². The zero-order chi connectivity index (χ0) is 11.0. The molecule has 3 rings (SSSR count). The Balaban J connectivity index is 1.88. The number of halogens is 1. The van der Waals surface area contributed by atoms with E-state index in [1.807, 2.05) is 36.4 Å². The third-order valence-electron chi connectivity index (χ3n) is 2.73. The van der Waals surface area contributed by atoms with Crippen molar-refractivity contribution >= 4 is 23.0 Å². The molecule has 16 heavy (non-hydrogen) atoms. The van der Waals surface area contributed by atoms with Crippen LogP contribution in [0.25, 0.3) is 0 Å². The van der Waals surface area contributed by atoms with Crippen molar-refractivity contribution in [3.8, 4) is 0 Å². The van der Waals surface area contributed by atoms with E-state index in [-0.39, 0.29) is 6.17 Å². The molecule has 2 nitrogen and oxygen atoms in total. The van der Waals surface area contributed by atoms with Crippen molar-refractivity contribution in [2.45, 2.75) is 6.17 Å². The molecule has 80 valence electrons. The lowest BCUT2D eigenvalue weighted by atomic mass is 10.2. The second-order valence-electron chi connectivity index (χ2n) is 3.82. The van der Waals surface area contributed by atoms with Gasteiger partial charge in [0.1, 0.15) is 6.17 Å². The van der Waals surface area contributed by atoms with Gasteiger partial charge in [0.05, 0.1) is 11.4 Å². The summed E-state index contributed by atoms with van der Waals surface area (Å²) < 4.78 is 0. The van der Waals surface area contributed by atoms with Gasteiger partial charge >= 0.3 is 0 Å². The predicted molar refractivity (Wildman–Crippen MR) is 67.9 cm³/mol. The Morgan fingerprint density at radius 2 is 1.38 bits per heavy atom. The maximum atomic E-state index is 5.87. The van der Waals surface area contributed by atoms with E-state index >= 15 is 0 Å². The summed E-state index contributed by atoms with van der Waals surface area (Å²) in [5, 5.41) is 7.60. The quantitative estimate of drug-likeness (QED) is 0.777. The molecule has 3 heteroatoms. The number of para-hydroxylation sites is 2. The Morgan fingerprint density at radius 1 is 0.812 bits per heavy atom. The molecule has 0 bridgehead atoms. The molecule has 0 amide bonds. The summed E-state index contributed by atoms with van der Waals surface area (Å²) in [4.78, 5) is 0. The Kier molecular flexibility index (Phi) is 2.22. The lowest BCUT2D eigenvalue weighted by Gasteiger charge is -2.12. The van der Waals surface area contributed by atoms with Crippen molar-refractivity contribution in [1.82, 2.24) is 0 Å². The minimum atomic E-state index is 0.134. The Hall–Kier alpha value is -1.67.